The Morgan fingerprint density at radius 2 is 2.17 bits per heavy atom. The van der Waals surface area contributed by atoms with Crippen LogP contribution in [-0.4, -0.2) is 19.0 Å². The van der Waals surface area contributed by atoms with E-state index in [-0.39, 0.29) is 11.7 Å². The molecule has 0 aliphatic carbocycles. The van der Waals surface area contributed by atoms with Crippen molar-refractivity contribution in [3.05, 3.63) is 35.6 Å². The highest BCUT2D eigenvalue weighted by Crippen LogP contribution is 2.06. The third-order valence-corrected chi connectivity index (χ3v) is 2.94. The summed E-state index contributed by atoms with van der Waals surface area (Å²) in [6.45, 7) is 3.09. The SMILES string of the molecule is CC(CN)CCC(=O)NCCc1ccccc1F. The van der Waals surface area contributed by atoms with Crippen LogP contribution in [0.25, 0.3) is 0 Å². The number of benzene rings is 1. The van der Waals surface area contributed by atoms with E-state index >= 15 is 0 Å². The van der Waals surface area contributed by atoms with Gasteiger partial charge in [-0.2, -0.15) is 0 Å². The van der Waals surface area contributed by atoms with Gasteiger partial charge >= 0.3 is 0 Å². The van der Waals surface area contributed by atoms with Gasteiger partial charge in [0.2, 0.25) is 5.91 Å². The number of carbonyl (C=O) groups is 1. The normalized spacial score (nSPS) is 12.2. The number of amides is 1. The molecule has 0 bridgehead atoms. The van der Waals surface area contributed by atoms with Gasteiger partial charge in [0.25, 0.3) is 0 Å². The lowest BCUT2D eigenvalue weighted by Gasteiger charge is -2.09. The summed E-state index contributed by atoms with van der Waals surface area (Å²) in [4.78, 5) is 11.5. The van der Waals surface area contributed by atoms with Crippen LogP contribution in [0.2, 0.25) is 0 Å². The standard InChI is InChI=1S/C14H21FN2O/c1-11(10-16)6-7-14(18)17-9-8-12-4-2-3-5-13(12)15/h2-5,11H,6-10,16H2,1H3,(H,17,18). The van der Waals surface area contributed by atoms with Crippen molar-refractivity contribution in [2.24, 2.45) is 11.7 Å². The van der Waals surface area contributed by atoms with Crippen molar-refractivity contribution >= 4 is 5.91 Å². The van der Waals surface area contributed by atoms with Gasteiger partial charge < -0.3 is 11.1 Å². The maximum absolute atomic E-state index is 13.3. The quantitative estimate of drug-likeness (QED) is 0.778. The molecule has 4 heteroatoms. The highest BCUT2D eigenvalue weighted by molar-refractivity contribution is 5.75. The van der Waals surface area contributed by atoms with E-state index in [2.05, 4.69) is 5.32 Å². The summed E-state index contributed by atoms with van der Waals surface area (Å²) in [5.41, 5.74) is 6.11. The van der Waals surface area contributed by atoms with E-state index in [0.29, 0.717) is 37.4 Å². The molecule has 1 aromatic carbocycles. The number of nitrogens with one attached hydrogen (secondary N) is 1. The van der Waals surface area contributed by atoms with Crippen LogP contribution in [0.1, 0.15) is 25.3 Å². The lowest BCUT2D eigenvalue weighted by Crippen LogP contribution is -2.26. The number of hydrogen-bond acceptors (Lipinski definition) is 2. The molecule has 18 heavy (non-hydrogen) atoms. The number of rotatable bonds is 7. The Morgan fingerprint density at radius 1 is 1.44 bits per heavy atom. The van der Waals surface area contributed by atoms with Crippen molar-refractivity contribution < 1.29 is 9.18 Å². The summed E-state index contributed by atoms with van der Waals surface area (Å²) in [7, 11) is 0. The third-order valence-electron chi connectivity index (χ3n) is 2.94. The number of carbonyl (C=O) groups excluding carboxylic acids is 1. The zero-order chi connectivity index (χ0) is 13.4. The van der Waals surface area contributed by atoms with Gasteiger partial charge in [0.1, 0.15) is 5.82 Å². The van der Waals surface area contributed by atoms with Gasteiger partial charge in [-0.1, -0.05) is 25.1 Å². The molecule has 100 valence electrons. The first-order valence-electron chi connectivity index (χ1n) is 6.33. The lowest BCUT2D eigenvalue weighted by atomic mass is 10.1. The van der Waals surface area contributed by atoms with Gasteiger partial charge in [-0.15, -0.1) is 0 Å². The molecule has 1 atom stereocenters. The van der Waals surface area contributed by atoms with Crippen LogP contribution in [0.4, 0.5) is 4.39 Å². The zero-order valence-corrected chi connectivity index (χ0v) is 10.8. The molecule has 0 aromatic heterocycles. The topological polar surface area (TPSA) is 55.1 Å². The molecule has 1 unspecified atom stereocenters. The summed E-state index contributed by atoms with van der Waals surface area (Å²) in [6.07, 6.45) is 1.79. The molecule has 0 spiro atoms. The van der Waals surface area contributed by atoms with Gasteiger partial charge in [-0.05, 0) is 36.9 Å². The second-order valence-corrected chi connectivity index (χ2v) is 4.57. The monoisotopic (exact) mass is 252 g/mol. The minimum Gasteiger partial charge on any atom is -0.356 e. The van der Waals surface area contributed by atoms with E-state index in [1.54, 1.807) is 18.2 Å². The summed E-state index contributed by atoms with van der Waals surface area (Å²) >= 11 is 0. The second-order valence-electron chi connectivity index (χ2n) is 4.57. The molecular formula is C14H21FN2O. The summed E-state index contributed by atoms with van der Waals surface area (Å²) in [5, 5.41) is 2.79. The second kappa shape index (κ2) is 7.82. The number of halogens is 1. The first-order valence-corrected chi connectivity index (χ1v) is 6.33. The molecule has 1 amide bonds. The maximum Gasteiger partial charge on any atom is 0.220 e. The Morgan fingerprint density at radius 3 is 2.83 bits per heavy atom. The molecule has 0 fully saturated rings. The van der Waals surface area contributed by atoms with E-state index in [1.807, 2.05) is 6.92 Å². The summed E-state index contributed by atoms with van der Waals surface area (Å²) < 4.78 is 13.3. The van der Waals surface area contributed by atoms with Gasteiger partial charge in [0.05, 0.1) is 0 Å². The van der Waals surface area contributed by atoms with E-state index in [9.17, 15) is 9.18 Å². The van der Waals surface area contributed by atoms with E-state index in [4.69, 9.17) is 5.73 Å². The van der Waals surface area contributed by atoms with Crippen molar-refractivity contribution in [3.63, 3.8) is 0 Å². The van der Waals surface area contributed by atoms with Gasteiger partial charge in [0.15, 0.2) is 0 Å². The molecule has 3 N–H and O–H groups in total. The highest BCUT2D eigenvalue weighted by atomic mass is 19.1. The summed E-state index contributed by atoms with van der Waals surface area (Å²) in [6, 6.07) is 6.62. The van der Waals surface area contributed by atoms with Crippen molar-refractivity contribution in [1.82, 2.24) is 5.32 Å². The zero-order valence-electron chi connectivity index (χ0n) is 10.8. The van der Waals surface area contributed by atoms with Crippen molar-refractivity contribution in [1.29, 1.82) is 0 Å². The average Bonchev–Trinajstić information content (AvgIpc) is 2.38. The Balaban J connectivity index is 2.22. The Hall–Kier alpha value is -1.42. The number of nitrogens with two attached hydrogens (primary N) is 1. The molecule has 0 aliphatic rings. The molecule has 0 saturated heterocycles. The van der Waals surface area contributed by atoms with Crippen LogP contribution in [0.3, 0.4) is 0 Å². The number of hydrogen-bond donors (Lipinski definition) is 2. The van der Waals surface area contributed by atoms with Gasteiger partial charge in [-0.25, -0.2) is 4.39 Å². The van der Waals surface area contributed by atoms with E-state index in [0.717, 1.165) is 6.42 Å². The molecule has 0 radical (unpaired) electrons. The first kappa shape index (κ1) is 14.6. The Labute approximate surface area is 108 Å². The molecule has 0 heterocycles. The van der Waals surface area contributed by atoms with Gasteiger partial charge in [-0.3, -0.25) is 4.79 Å². The molecule has 0 aliphatic heterocycles. The van der Waals surface area contributed by atoms with Crippen molar-refractivity contribution in [2.75, 3.05) is 13.1 Å². The van der Waals surface area contributed by atoms with Gasteiger partial charge in [0, 0.05) is 13.0 Å². The predicted octanol–water partition coefficient (Wildman–Crippen LogP) is 1.86. The molecule has 1 rings (SSSR count). The first-order chi connectivity index (χ1) is 8.63. The summed E-state index contributed by atoms with van der Waals surface area (Å²) in [5.74, 6) is 0.150. The predicted molar refractivity (Wildman–Crippen MR) is 70.6 cm³/mol. The van der Waals surface area contributed by atoms with Crippen molar-refractivity contribution in [3.8, 4) is 0 Å². The lowest BCUT2D eigenvalue weighted by molar-refractivity contribution is -0.121. The smallest absolute Gasteiger partial charge is 0.220 e. The van der Waals surface area contributed by atoms with Crippen LogP contribution in [0, 0.1) is 11.7 Å². The van der Waals surface area contributed by atoms with Crippen LogP contribution in [0.15, 0.2) is 24.3 Å². The molecule has 0 saturated carbocycles. The van der Waals surface area contributed by atoms with Crippen molar-refractivity contribution in [2.45, 2.75) is 26.2 Å². The minimum absolute atomic E-state index is 0.00615. The maximum atomic E-state index is 13.3. The van der Waals surface area contributed by atoms with Crippen LogP contribution in [-0.2, 0) is 11.2 Å². The van der Waals surface area contributed by atoms with Crippen LogP contribution < -0.4 is 11.1 Å². The third kappa shape index (κ3) is 5.27. The largest absolute Gasteiger partial charge is 0.356 e. The van der Waals surface area contributed by atoms with E-state index in [1.165, 1.54) is 6.07 Å². The Bertz CT molecular complexity index is 382. The fourth-order valence-corrected chi connectivity index (χ4v) is 1.62. The highest BCUT2D eigenvalue weighted by Gasteiger charge is 2.05. The van der Waals surface area contributed by atoms with Crippen LogP contribution >= 0.6 is 0 Å². The average molecular weight is 252 g/mol. The minimum atomic E-state index is -0.219. The molecule has 3 nitrogen and oxygen atoms in total. The fourth-order valence-electron chi connectivity index (χ4n) is 1.62. The van der Waals surface area contributed by atoms with E-state index < -0.39 is 0 Å². The Kier molecular flexibility index (Phi) is 6.36. The molecule has 1 aromatic rings. The fraction of sp³-hybridized carbons (Fsp3) is 0.500. The van der Waals surface area contributed by atoms with Crippen LogP contribution in [0.5, 0.6) is 0 Å². The molecular weight excluding hydrogens is 231 g/mol.